The van der Waals surface area contributed by atoms with Gasteiger partial charge in [0.25, 0.3) is 5.91 Å². The van der Waals surface area contributed by atoms with Gasteiger partial charge in [0, 0.05) is 16.8 Å². The second-order valence-corrected chi connectivity index (χ2v) is 5.06. The number of ether oxygens (including phenoxy) is 2. The summed E-state index contributed by atoms with van der Waals surface area (Å²) in [7, 11) is 0. The number of Topliss-reactive ketones (excluding diaryl/α,β-unsaturated/α-hetero) is 1. The summed E-state index contributed by atoms with van der Waals surface area (Å²) in [6.45, 7) is 0.349. The summed E-state index contributed by atoms with van der Waals surface area (Å²) in [5, 5.41) is 2.65. The van der Waals surface area contributed by atoms with Crippen LogP contribution >= 0.6 is 0 Å². The Kier molecular flexibility index (Phi) is 6.05. The highest BCUT2D eigenvalue weighted by atomic mass is 19.3. The molecule has 2 aromatic rings. The lowest BCUT2D eigenvalue weighted by atomic mass is 10.1. The Bertz CT molecular complexity index is 777. The molecule has 7 heteroatoms. The van der Waals surface area contributed by atoms with Crippen LogP contribution in [0.25, 0.3) is 0 Å². The number of carbonyl (C=O) groups is 2. The van der Waals surface area contributed by atoms with Gasteiger partial charge in [-0.05, 0) is 44.2 Å². The molecule has 0 radical (unpaired) electrons. The standard InChI is InChI=1S/C18H17F2NO4/c1-3-24-16-10-13(7-8-15(16)25-18(19)20)17(23)21-14-6-4-5-12(9-14)11(2)22/h4-10,18H,3H2,1-2H3,(H,21,23). The summed E-state index contributed by atoms with van der Waals surface area (Å²) in [5.74, 6) is -0.687. The number of alkyl halides is 2. The third-order valence-electron chi connectivity index (χ3n) is 3.25. The normalized spacial score (nSPS) is 10.4. The average molecular weight is 349 g/mol. The Labute approximate surface area is 143 Å². The fraction of sp³-hybridized carbons (Fsp3) is 0.222. The van der Waals surface area contributed by atoms with Crippen molar-refractivity contribution in [1.82, 2.24) is 0 Å². The molecule has 0 spiro atoms. The van der Waals surface area contributed by atoms with Gasteiger partial charge in [-0.2, -0.15) is 8.78 Å². The van der Waals surface area contributed by atoms with Crippen molar-refractivity contribution >= 4 is 17.4 Å². The third-order valence-corrected chi connectivity index (χ3v) is 3.25. The van der Waals surface area contributed by atoms with Crippen molar-refractivity contribution in [1.29, 1.82) is 0 Å². The maximum Gasteiger partial charge on any atom is 0.387 e. The topological polar surface area (TPSA) is 64.6 Å². The molecule has 0 fully saturated rings. The first-order chi connectivity index (χ1) is 11.9. The molecule has 0 saturated carbocycles. The average Bonchev–Trinajstić information content (AvgIpc) is 2.56. The lowest BCUT2D eigenvalue weighted by Gasteiger charge is -2.13. The molecular formula is C18H17F2NO4. The highest BCUT2D eigenvalue weighted by Gasteiger charge is 2.15. The van der Waals surface area contributed by atoms with Gasteiger partial charge in [0.05, 0.1) is 6.61 Å². The molecule has 0 saturated heterocycles. The number of nitrogens with one attached hydrogen (secondary N) is 1. The van der Waals surface area contributed by atoms with Gasteiger partial charge in [-0.3, -0.25) is 9.59 Å². The number of amides is 1. The number of carbonyl (C=O) groups excluding carboxylic acids is 2. The molecule has 1 N–H and O–H groups in total. The molecule has 0 bridgehead atoms. The van der Waals surface area contributed by atoms with Gasteiger partial charge >= 0.3 is 6.61 Å². The number of anilines is 1. The Balaban J connectivity index is 2.22. The fourth-order valence-corrected chi connectivity index (χ4v) is 2.13. The second kappa shape index (κ2) is 8.23. The highest BCUT2D eigenvalue weighted by Crippen LogP contribution is 2.30. The summed E-state index contributed by atoms with van der Waals surface area (Å²) in [6, 6.07) is 10.4. The van der Waals surface area contributed by atoms with Crippen LogP contribution in [0.1, 0.15) is 34.6 Å². The van der Waals surface area contributed by atoms with Crippen LogP contribution in [0.3, 0.4) is 0 Å². The molecule has 0 aliphatic rings. The molecule has 5 nitrogen and oxygen atoms in total. The molecule has 0 atom stereocenters. The summed E-state index contributed by atoms with van der Waals surface area (Å²) >= 11 is 0. The molecule has 0 aromatic heterocycles. The molecule has 0 heterocycles. The van der Waals surface area contributed by atoms with Gasteiger partial charge in [-0.25, -0.2) is 0 Å². The Morgan fingerprint density at radius 2 is 1.84 bits per heavy atom. The van der Waals surface area contributed by atoms with E-state index in [1.54, 1.807) is 31.2 Å². The van der Waals surface area contributed by atoms with Crippen LogP contribution < -0.4 is 14.8 Å². The van der Waals surface area contributed by atoms with Crippen LogP contribution in [0, 0.1) is 0 Å². The van der Waals surface area contributed by atoms with E-state index in [1.165, 1.54) is 25.1 Å². The molecule has 1 amide bonds. The molecule has 0 aliphatic heterocycles. The zero-order valence-corrected chi connectivity index (χ0v) is 13.7. The first-order valence-electron chi connectivity index (χ1n) is 7.54. The molecule has 0 unspecified atom stereocenters. The van der Waals surface area contributed by atoms with E-state index in [2.05, 4.69) is 10.1 Å². The fourth-order valence-electron chi connectivity index (χ4n) is 2.13. The Morgan fingerprint density at radius 1 is 1.08 bits per heavy atom. The van der Waals surface area contributed by atoms with E-state index in [4.69, 9.17) is 4.74 Å². The van der Waals surface area contributed by atoms with Crippen LogP contribution in [0.15, 0.2) is 42.5 Å². The first kappa shape index (κ1) is 18.4. The minimum atomic E-state index is -2.99. The minimum absolute atomic E-state index is 0.0490. The van der Waals surface area contributed by atoms with Crippen molar-refractivity contribution in [2.75, 3.05) is 11.9 Å². The predicted molar refractivity (Wildman–Crippen MR) is 88.6 cm³/mol. The van der Waals surface area contributed by atoms with E-state index < -0.39 is 12.5 Å². The van der Waals surface area contributed by atoms with Crippen LogP contribution in [0.2, 0.25) is 0 Å². The zero-order chi connectivity index (χ0) is 18.4. The lowest BCUT2D eigenvalue weighted by molar-refractivity contribution is -0.0514. The maximum atomic E-state index is 12.4. The van der Waals surface area contributed by atoms with Gasteiger partial charge < -0.3 is 14.8 Å². The number of ketones is 1. The third kappa shape index (κ3) is 5.00. The van der Waals surface area contributed by atoms with Crippen molar-refractivity contribution in [2.45, 2.75) is 20.5 Å². The van der Waals surface area contributed by atoms with Crippen LogP contribution in [-0.4, -0.2) is 24.9 Å². The Hall–Kier alpha value is -2.96. The van der Waals surface area contributed by atoms with E-state index in [-0.39, 0.29) is 29.5 Å². The molecular weight excluding hydrogens is 332 g/mol. The SMILES string of the molecule is CCOc1cc(C(=O)Nc2cccc(C(C)=O)c2)ccc1OC(F)F. The Morgan fingerprint density at radius 3 is 2.48 bits per heavy atom. The van der Waals surface area contributed by atoms with E-state index in [1.807, 2.05) is 0 Å². The summed E-state index contributed by atoms with van der Waals surface area (Å²) in [5.41, 5.74) is 1.12. The van der Waals surface area contributed by atoms with E-state index in [0.717, 1.165) is 0 Å². The second-order valence-electron chi connectivity index (χ2n) is 5.06. The monoisotopic (exact) mass is 349 g/mol. The summed E-state index contributed by atoms with van der Waals surface area (Å²) < 4.78 is 34.4. The van der Waals surface area contributed by atoms with E-state index in [0.29, 0.717) is 11.3 Å². The van der Waals surface area contributed by atoms with E-state index >= 15 is 0 Å². The predicted octanol–water partition coefficient (Wildman–Crippen LogP) is 4.14. The number of hydrogen-bond donors (Lipinski definition) is 1. The van der Waals surface area contributed by atoms with Crippen LogP contribution in [-0.2, 0) is 0 Å². The lowest BCUT2D eigenvalue weighted by Crippen LogP contribution is -2.13. The van der Waals surface area contributed by atoms with Crippen LogP contribution in [0.5, 0.6) is 11.5 Å². The van der Waals surface area contributed by atoms with Gasteiger partial charge in [0.2, 0.25) is 0 Å². The number of rotatable bonds is 7. The largest absolute Gasteiger partial charge is 0.490 e. The first-order valence-corrected chi connectivity index (χ1v) is 7.54. The number of benzene rings is 2. The van der Waals surface area contributed by atoms with Gasteiger partial charge in [-0.1, -0.05) is 12.1 Å². The minimum Gasteiger partial charge on any atom is -0.490 e. The molecule has 0 aliphatic carbocycles. The molecule has 2 rings (SSSR count). The smallest absolute Gasteiger partial charge is 0.387 e. The molecule has 2 aromatic carbocycles. The van der Waals surface area contributed by atoms with Gasteiger partial charge in [-0.15, -0.1) is 0 Å². The zero-order valence-electron chi connectivity index (χ0n) is 13.7. The highest BCUT2D eigenvalue weighted by molar-refractivity contribution is 6.05. The quantitative estimate of drug-likeness (QED) is 0.763. The summed E-state index contributed by atoms with van der Waals surface area (Å²) in [4.78, 5) is 23.7. The van der Waals surface area contributed by atoms with Gasteiger partial charge in [0.15, 0.2) is 17.3 Å². The van der Waals surface area contributed by atoms with Crippen LogP contribution in [0.4, 0.5) is 14.5 Å². The maximum absolute atomic E-state index is 12.4. The van der Waals surface area contributed by atoms with Crippen molar-refractivity contribution in [3.05, 3.63) is 53.6 Å². The van der Waals surface area contributed by atoms with Crippen molar-refractivity contribution in [3.63, 3.8) is 0 Å². The van der Waals surface area contributed by atoms with Crippen molar-refractivity contribution in [3.8, 4) is 11.5 Å². The molecule has 132 valence electrons. The number of hydrogen-bond acceptors (Lipinski definition) is 4. The van der Waals surface area contributed by atoms with Gasteiger partial charge in [0.1, 0.15) is 0 Å². The summed E-state index contributed by atoms with van der Waals surface area (Å²) in [6.07, 6.45) is 0. The number of halogens is 2. The van der Waals surface area contributed by atoms with Crippen molar-refractivity contribution < 1.29 is 27.8 Å². The molecule has 25 heavy (non-hydrogen) atoms. The van der Waals surface area contributed by atoms with E-state index in [9.17, 15) is 18.4 Å². The van der Waals surface area contributed by atoms with Crippen molar-refractivity contribution in [2.24, 2.45) is 0 Å².